The van der Waals surface area contributed by atoms with Crippen LogP contribution in [0.4, 0.5) is 27.6 Å². The fourth-order valence-electron chi connectivity index (χ4n) is 1.93. The van der Waals surface area contributed by atoms with Gasteiger partial charge in [0.2, 0.25) is 5.82 Å². The molecule has 0 radical (unpaired) electrons. The molecule has 0 aliphatic carbocycles. The Morgan fingerprint density at radius 2 is 0.889 bits per heavy atom. The van der Waals surface area contributed by atoms with Crippen LogP contribution in [0.1, 0.15) is 27.7 Å². The van der Waals surface area contributed by atoms with Gasteiger partial charge in [-0.25, -0.2) is 22.0 Å². The Kier molecular flexibility index (Phi) is 4.19. The van der Waals surface area contributed by atoms with Crippen LogP contribution in [0.3, 0.4) is 0 Å². The highest BCUT2D eigenvalue weighted by atomic mass is 19.2. The third-order valence-corrected chi connectivity index (χ3v) is 2.56. The lowest BCUT2D eigenvalue weighted by Crippen LogP contribution is -2.39. The molecule has 0 heterocycles. The summed E-state index contributed by atoms with van der Waals surface area (Å²) in [5.74, 6) is -9.57. The van der Waals surface area contributed by atoms with Gasteiger partial charge in [-0.05, 0) is 27.7 Å². The van der Waals surface area contributed by atoms with Gasteiger partial charge in [-0.15, -0.1) is 0 Å². The van der Waals surface area contributed by atoms with Crippen LogP contribution in [0.15, 0.2) is 0 Å². The maximum absolute atomic E-state index is 13.6. The molecule has 1 aromatic carbocycles. The van der Waals surface area contributed by atoms with Gasteiger partial charge in [0.15, 0.2) is 23.3 Å². The molecule has 0 aliphatic rings. The molecule has 0 amide bonds. The van der Waals surface area contributed by atoms with Crippen molar-refractivity contribution in [2.24, 2.45) is 0 Å². The minimum Gasteiger partial charge on any atom is -0.362 e. The van der Waals surface area contributed by atoms with E-state index in [1.165, 1.54) is 0 Å². The number of rotatable bonds is 3. The molecule has 0 spiro atoms. The molecule has 1 rings (SSSR count). The van der Waals surface area contributed by atoms with Crippen LogP contribution in [0.5, 0.6) is 0 Å². The van der Waals surface area contributed by atoms with Crippen LogP contribution in [0, 0.1) is 29.1 Å². The fourth-order valence-corrected chi connectivity index (χ4v) is 1.93. The molecule has 0 atom stereocenters. The highest BCUT2D eigenvalue weighted by Gasteiger charge is 2.31. The number of anilines is 1. The van der Waals surface area contributed by atoms with Crippen molar-refractivity contribution in [3.05, 3.63) is 29.1 Å². The molecule has 1 nitrogen and oxygen atoms in total. The smallest absolute Gasteiger partial charge is 0.200 e. The van der Waals surface area contributed by atoms with E-state index in [1.54, 1.807) is 27.7 Å². The van der Waals surface area contributed by atoms with E-state index in [1.807, 2.05) is 0 Å². The van der Waals surface area contributed by atoms with Gasteiger partial charge in [0.05, 0.1) is 0 Å². The third-order valence-electron chi connectivity index (χ3n) is 2.56. The highest BCUT2D eigenvalue weighted by Crippen LogP contribution is 2.32. The van der Waals surface area contributed by atoms with Gasteiger partial charge in [0, 0.05) is 12.1 Å². The summed E-state index contributed by atoms with van der Waals surface area (Å²) in [6, 6.07) is -0.809. The first kappa shape index (κ1) is 14.7. The van der Waals surface area contributed by atoms with E-state index in [0.29, 0.717) is 0 Å². The van der Waals surface area contributed by atoms with Gasteiger partial charge >= 0.3 is 0 Å². The average Bonchev–Trinajstić information content (AvgIpc) is 2.28. The number of hydrogen-bond donors (Lipinski definition) is 0. The van der Waals surface area contributed by atoms with Gasteiger partial charge in [-0.1, -0.05) is 0 Å². The minimum atomic E-state index is -2.14. The van der Waals surface area contributed by atoms with Crippen molar-refractivity contribution in [3.8, 4) is 0 Å². The summed E-state index contributed by atoms with van der Waals surface area (Å²) in [7, 11) is 0. The van der Waals surface area contributed by atoms with E-state index >= 15 is 0 Å². The Bertz CT molecular complexity index is 419. The Labute approximate surface area is 102 Å². The molecule has 0 saturated carbocycles. The van der Waals surface area contributed by atoms with Crippen molar-refractivity contribution in [2.75, 3.05) is 4.90 Å². The summed E-state index contributed by atoms with van der Waals surface area (Å²) < 4.78 is 66.3. The minimum absolute atomic E-state index is 0.404. The first-order valence-corrected chi connectivity index (χ1v) is 5.49. The Morgan fingerprint density at radius 3 is 1.17 bits per heavy atom. The fraction of sp³-hybridized carbons (Fsp3) is 0.500. The molecule has 0 fully saturated rings. The Hall–Kier alpha value is -1.33. The number of hydrogen-bond acceptors (Lipinski definition) is 1. The normalized spacial score (nSPS) is 11.5. The molecule has 102 valence electrons. The monoisotopic (exact) mass is 267 g/mol. The first-order valence-electron chi connectivity index (χ1n) is 5.49. The molecule has 0 bridgehead atoms. The van der Waals surface area contributed by atoms with Crippen molar-refractivity contribution in [2.45, 2.75) is 39.8 Å². The maximum Gasteiger partial charge on any atom is 0.200 e. The van der Waals surface area contributed by atoms with Crippen molar-refractivity contribution in [1.82, 2.24) is 0 Å². The largest absolute Gasteiger partial charge is 0.362 e. The van der Waals surface area contributed by atoms with Gasteiger partial charge in [-0.2, -0.15) is 0 Å². The zero-order valence-corrected chi connectivity index (χ0v) is 10.5. The van der Waals surface area contributed by atoms with E-state index in [0.717, 1.165) is 4.90 Å². The predicted octanol–water partition coefficient (Wildman–Crippen LogP) is 4.01. The van der Waals surface area contributed by atoms with Crippen LogP contribution in [0.25, 0.3) is 0 Å². The number of benzene rings is 1. The molecule has 0 unspecified atom stereocenters. The van der Waals surface area contributed by atoms with E-state index < -0.39 is 46.9 Å². The lowest BCUT2D eigenvalue weighted by molar-refractivity contribution is 0.374. The molecule has 0 aliphatic heterocycles. The molecule has 18 heavy (non-hydrogen) atoms. The highest BCUT2D eigenvalue weighted by molar-refractivity contribution is 5.52. The topological polar surface area (TPSA) is 3.24 Å². The van der Waals surface area contributed by atoms with Gasteiger partial charge in [0.25, 0.3) is 0 Å². The summed E-state index contributed by atoms with van der Waals surface area (Å²) >= 11 is 0. The lowest BCUT2D eigenvalue weighted by atomic mass is 10.1. The molecular weight excluding hydrogens is 253 g/mol. The zero-order chi connectivity index (χ0) is 14.2. The quantitative estimate of drug-likeness (QED) is 0.454. The molecule has 0 saturated heterocycles. The van der Waals surface area contributed by atoms with Gasteiger partial charge < -0.3 is 4.90 Å². The second-order valence-corrected chi connectivity index (χ2v) is 4.51. The van der Waals surface area contributed by atoms with E-state index in [9.17, 15) is 22.0 Å². The van der Waals surface area contributed by atoms with E-state index in [4.69, 9.17) is 0 Å². The molecule has 0 N–H and O–H groups in total. The molecular formula is C12H14F5N. The van der Waals surface area contributed by atoms with E-state index in [2.05, 4.69) is 0 Å². The van der Waals surface area contributed by atoms with Crippen LogP contribution in [-0.2, 0) is 0 Å². The SMILES string of the molecule is CC(C)N(c1c(F)c(F)c(F)c(F)c1F)C(C)C. The van der Waals surface area contributed by atoms with Crippen molar-refractivity contribution in [1.29, 1.82) is 0 Å². The van der Waals surface area contributed by atoms with Crippen LogP contribution < -0.4 is 4.90 Å². The Balaban J connectivity index is 3.58. The third kappa shape index (κ3) is 2.28. The van der Waals surface area contributed by atoms with Crippen molar-refractivity contribution in [3.63, 3.8) is 0 Å². The second-order valence-electron chi connectivity index (χ2n) is 4.51. The van der Waals surface area contributed by atoms with Gasteiger partial charge in [-0.3, -0.25) is 0 Å². The van der Waals surface area contributed by atoms with Crippen LogP contribution in [-0.4, -0.2) is 12.1 Å². The second kappa shape index (κ2) is 5.12. The standard InChI is InChI=1S/C12H14F5N/c1-5(2)18(6(3)4)12-10(16)8(14)7(13)9(15)11(12)17/h5-6H,1-4H3. The number of halogens is 5. The zero-order valence-electron chi connectivity index (χ0n) is 10.5. The lowest BCUT2D eigenvalue weighted by Gasteiger charge is -2.33. The number of nitrogens with zero attached hydrogens (tertiary/aromatic N) is 1. The van der Waals surface area contributed by atoms with Gasteiger partial charge in [0.1, 0.15) is 5.69 Å². The first-order chi connectivity index (χ1) is 8.20. The summed E-state index contributed by atoms with van der Waals surface area (Å²) in [6.07, 6.45) is 0. The molecule has 6 heteroatoms. The summed E-state index contributed by atoms with van der Waals surface area (Å²) in [5.41, 5.74) is -0.878. The Morgan fingerprint density at radius 1 is 0.611 bits per heavy atom. The predicted molar refractivity (Wildman–Crippen MR) is 59.0 cm³/mol. The van der Waals surface area contributed by atoms with E-state index in [-0.39, 0.29) is 0 Å². The molecule has 0 aromatic heterocycles. The maximum atomic E-state index is 13.6. The summed E-state index contributed by atoms with van der Waals surface area (Å²) in [6.45, 7) is 6.44. The van der Waals surface area contributed by atoms with Crippen LogP contribution >= 0.6 is 0 Å². The molecule has 1 aromatic rings. The van der Waals surface area contributed by atoms with Crippen molar-refractivity contribution < 1.29 is 22.0 Å². The summed E-state index contributed by atoms with van der Waals surface area (Å²) in [4.78, 5) is 1.15. The van der Waals surface area contributed by atoms with Crippen molar-refractivity contribution >= 4 is 5.69 Å². The van der Waals surface area contributed by atoms with Crippen LogP contribution in [0.2, 0.25) is 0 Å². The average molecular weight is 267 g/mol. The summed E-state index contributed by atoms with van der Waals surface area (Å²) in [5, 5.41) is 0.